The van der Waals surface area contributed by atoms with Gasteiger partial charge in [-0.1, -0.05) is 235 Å². The Labute approximate surface area is 402 Å². The third kappa shape index (κ3) is 47.6. The summed E-state index contributed by atoms with van der Waals surface area (Å²) in [4.78, 5) is 26.2. The number of ether oxygens (including phenoxy) is 1. The Hall–Kier alpha value is -2.70. The highest BCUT2D eigenvalue weighted by atomic mass is 16.5. The molecule has 0 aliphatic heterocycles. The SMILES string of the molecule is CCCCC/C=C\C/C=C\C/C=C\C/C=C\CCCCCC(=O)OC(CCC/C=C/C=C/CCCCCCCCC)CC(=O)NC(CO)C(O)CCCCCCCCCCCCCCC. The van der Waals surface area contributed by atoms with Crippen molar-refractivity contribution in [3.05, 3.63) is 72.9 Å². The summed E-state index contributed by atoms with van der Waals surface area (Å²) >= 11 is 0. The minimum Gasteiger partial charge on any atom is -0.462 e. The van der Waals surface area contributed by atoms with Gasteiger partial charge >= 0.3 is 5.97 Å². The van der Waals surface area contributed by atoms with Gasteiger partial charge in [0.2, 0.25) is 5.91 Å². The quantitative estimate of drug-likeness (QED) is 0.0245. The fourth-order valence-electron chi connectivity index (χ4n) is 8.06. The number of rotatable bonds is 49. The van der Waals surface area contributed by atoms with E-state index in [-0.39, 0.29) is 24.9 Å². The molecule has 3 N–H and O–H groups in total. The van der Waals surface area contributed by atoms with E-state index < -0.39 is 18.2 Å². The van der Waals surface area contributed by atoms with Crippen molar-refractivity contribution in [1.82, 2.24) is 5.32 Å². The molecule has 6 heteroatoms. The number of esters is 1. The zero-order chi connectivity index (χ0) is 47.4. The van der Waals surface area contributed by atoms with E-state index in [0.29, 0.717) is 19.3 Å². The van der Waals surface area contributed by atoms with Crippen LogP contribution in [0.1, 0.15) is 265 Å². The summed E-state index contributed by atoms with van der Waals surface area (Å²) in [6.07, 6.45) is 66.8. The van der Waals surface area contributed by atoms with Gasteiger partial charge in [-0.25, -0.2) is 0 Å². The van der Waals surface area contributed by atoms with Crippen LogP contribution in [-0.2, 0) is 14.3 Å². The number of carbonyl (C=O) groups is 2. The molecule has 0 radical (unpaired) electrons. The fourth-order valence-corrected chi connectivity index (χ4v) is 8.06. The van der Waals surface area contributed by atoms with Crippen molar-refractivity contribution in [2.45, 2.75) is 283 Å². The topological polar surface area (TPSA) is 95.9 Å². The largest absolute Gasteiger partial charge is 0.462 e. The highest BCUT2D eigenvalue weighted by Crippen LogP contribution is 2.17. The van der Waals surface area contributed by atoms with Gasteiger partial charge in [0.25, 0.3) is 0 Å². The Kier molecular flexibility index (Phi) is 50.1. The maximum atomic E-state index is 13.2. The first kappa shape index (κ1) is 62.3. The summed E-state index contributed by atoms with van der Waals surface area (Å²) in [7, 11) is 0. The molecule has 0 saturated carbocycles. The number of amides is 1. The average Bonchev–Trinajstić information content (AvgIpc) is 3.30. The number of unbranched alkanes of at least 4 members (excludes halogenated alkanes) is 26. The van der Waals surface area contributed by atoms with Gasteiger partial charge < -0.3 is 20.3 Å². The second-order valence-electron chi connectivity index (χ2n) is 18.7. The van der Waals surface area contributed by atoms with Gasteiger partial charge in [0.05, 0.1) is 25.2 Å². The van der Waals surface area contributed by atoms with Crippen LogP contribution in [0.4, 0.5) is 0 Å². The molecule has 0 heterocycles. The second-order valence-corrected chi connectivity index (χ2v) is 18.7. The number of hydrogen-bond acceptors (Lipinski definition) is 5. The maximum absolute atomic E-state index is 13.2. The Morgan fingerprint density at radius 3 is 1.34 bits per heavy atom. The molecule has 6 nitrogen and oxygen atoms in total. The molecule has 0 spiro atoms. The number of nitrogens with one attached hydrogen (secondary N) is 1. The minimum atomic E-state index is -0.808. The van der Waals surface area contributed by atoms with Crippen LogP contribution in [0.2, 0.25) is 0 Å². The molecule has 1 amide bonds. The van der Waals surface area contributed by atoms with Crippen molar-refractivity contribution >= 4 is 11.9 Å². The summed E-state index contributed by atoms with van der Waals surface area (Å²) < 4.78 is 5.91. The van der Waals surface area contributed by atoms with E-state index in [2.05, 4.69) is 99.0 Å². The molecule has 0 rings (SSSR count). The van der Waals surface area contributed by atoms with E-state index in [0.717, 1.165) is 83.5 Å². The van der Waals surface area contributed by atoms with E-state index in [1.807, 2.05) is 0 Å². The number of hydrogen-bond donors (Lipinski definition) is 3. The van der Waals surface area contributed by atoms with E-state index in [9.17, 15) is 19.8 Å². The van der Waals surface area contributed by atoms with Crippen molar-refractivity contribution in [3.63, 3.8) is 0 Å². The first-order chi connectivity index (χ1) is 32.0. The zero-order valence-corrected chi connectivity index (χ0v) is 42.9. The molecular formula is C59H105NO5. The molecule has 0 aromatic rings. The van der Waals surface area contributed by atoms with Crippen LogP contribution in [0.15, 0.2) is 72.9 Å². The van der Waals surface area contributed by atoms with E-state index in [1.165, 1.54) is 135 Å². The van der Waals surface area contributed by atoms with E-state index in [1.54, 1.807) is 0 Å². The Morgan fingerprint density at radius 2 is 0.846 bits per heavy atom. The predicted molar refractivity (Wildman–Crippen MR) is 282 cm³/mol. The van der Waals surface area contributed by atoms with Crippen molar-refractivity contribution in [1.29, 1.82) is 0 Å². The molecule has 0 bridgehead atoms. The van der Waals surface area contributed by atoms with Crippen molar-refractivity contribution in [3.8, 4) is 0 Å². The van der Waals surface area contributed by atoms with Crippen LogP contribution < -0.4 is 5.32 Å². The van der Waals surface area contributed by atoms with Gasteiger partial charge in [-0.15, -0.1) is 0 Å². The molecular weight excluding hydrogens is 803 g/mol. The van der Waals surface area contributed by atoms with Gasteiger partial charge in [0.1, 0.15) is 6.10 Å². The van der Waals surface area contributed by atoms with Gasteiger partial charge in [0, 0.05) is 6.42 Å². The van der Waals surface area contributed by atoms with E-state index >= 15 is 0 Å². The van der Waals surface area contributed by atoms with Crippen LogP contribution in [0.5, 0.6) is 0 Å². The summed E-state index contributed by atoms with van der Waals surface area (Å²) in [6.45, 7) is 6.44. The summed E-state index contributed by atoms with van der Waals surface area (Å²) in [5.41, 5.74) is 0. The molecule has 65 heavy (non-hydrogen) atoms. The number of aliphatic hydroxyl groups excluding tert-OH is 2. The first-order valence-corrected chi connectivity index (χ1v) is 27.7. The zero-order valence-electron chi connectivity index (χ0n) is 42.9. The Bertz CT molecular complexity index is 1200. The number of allylic oxidation sites excluding steroid dienone is 12. The first-order valence-electron chi connectivity index (χ1n) is 27.7. The van der Waals surface area contributed by atoms with Crippen molar-refractivity contribution in [2.24, 2.45) is 0 Å². The molecule has 0 aromatic heterocycles. The molecule has 3 atom stereocenters. The maximum Gasteiger partial charge on any atom is 0.306 e. The van der Waals surface area contributed by atoms with Crippen LogP contribution in [0, 0.1) is 0 Å². The third-order valence-electron chi connectivity index (χ3n) is 12.3. The lowest BCUT2D eigenvalue weighted by molar-refractivity contribution is -0.151. The molecule has 376 valence electrons. The monoisotopic (exact) mass is 908 g/mol. The molecule has 0 aromatic carbocycles. The average molecular weight is 908 g/mol. The van der Waals surface area contributed by atoms with Crippen LogP contribution in [-0.4, -0.2) is 46.9 Å². The lowest BCUT2D eigenvalue weighted by atomic mass is 10.0. The molecule has 0 fully saturated rings. The van der Waals surface area contributed by atoms with Crippen LogP contribution in [0.25, 0.3) is 0 Å². The lowest BCUT2D eigenvalue weighted by Gasteiger charge is -2.24. The molecule has 0 aliphatic rings. The van der Waals surface area contributed by atoms with Gasteiger partial charge in [-0.2, -0.15) is 0 Å². The Balaban J connectivity index is 4.68. The smallest absolute Gasteiger partial charge is 0.306 e. The van der Waals surface area contributed by atoms with Crippen LogP contribution >= 0.6 is 0 Å². The number of carbonyl (C=O) groups excluding carboxylic acids is 2. The third-order valence-corrected chi connectivity index (χ3v) is 12.3. The lowest BCUT2D eigenvalue weighted by Crippen LogP contribution is -2.46. The van der Waals surface area contributed by atoms with Gasteiger partial charge in [-0.05, 0) is 89.9 Å². The summed E-state index contributed by atoms with van der Waals surface area (Å²) in [6, 6.07) is -0.725. The molecule has 3 unspecified atom stereocenters. The second kappa shape index (κ2) is 52.3. The Morgan fingerprint density at radius 1 is 0.462 bits per heavy atom. The van der Waals surface area contributed by atoms with Crippen molar-refractivity contribution in [2.75, 3.05) is 6.61 Å². The fraction of sp³-hybridized carbons (Fsp3) is 0.763. The highest BCUT2D eigenvalue weighted by molar-refractivity contribution is 5.77. The number of aliphatic hydroxyl groups is 2. The van der Waals surface area contributed by atoms with Crippen molar-refractivity contribution < 1.29 is 24.5 Å². The predicted octanol–water partition coefficient (Wildman–Crippen LogP) is 17.0. The van der Waals surface area contributed by atoms with Gasteiger partial charge in [0.15, 0.2) is 0 Å². The highest BCUT2D eigenvalue weighted by Gasteiger charge is 2.24. The van der Waals surface area contributed by atoms with Gasteiger partial charge in [-0.3, -0.25) is 9.59 Å². The molecule has 0 saturated heterocycles. The normalized spacial score (nSPS) is 13.7. The van der Waals surface area contributed by atoms with Crippen LogP contribution in [0.3, 0.4) is 0 Å². The summed E-state index contributed by atoms with van der Waals surface area (Å²) in [5, 5.41) is 23.8. The summed E-state index contributed by atoms with van der Waals surface area (Å²) in [5.74, 6) is -0.556. The minimum absolute atomic E-state index is 0.0296. The van der Waals surface area contributed by atoms with E-state index in [4.69, 9.17) is 4.74 Å². The standard InChI is InChI=1S/C59H105NO5/c1-4-7-10-13-16-19-22-25-27-28-29-30-31-34-37-40-43-46-49-52-59(64)65-55(50-47-44-41-38-35-33-26-23-20-17-14-11-8-5-2)53-58(63)60-56(54-61)57(62)51-48-45-42-39-36-32-24-21-18-15-12-9-6-3/h16,19,25,27,29-30,33-35,37-38,41,55-57,61-62H,4-15,17-18,20-24,26,28,31-32,36,39-40,42-54H2,1-3H3,(H,60,63)/b19-16-,27-25-,30-29-,35-33+,37-34-,41-38+. The molecule has 0 aliphatic carbocycles.